The number of carbonyl (C=O) groups is 2. The maximum Gasteiger partial charge on any atom is 0.274 e. The third-order valence-electron chi connectivity index (χ3n) is 5.78. The lowest BCUT2D eigenvalue weighted by Gasteiger charge is -2.25. The normalized spacial score (nSPS) is 15.1. The minimum absolute atomic E-state index is 0.0419. The molecule has 146 valence electrons. The second-order valence-corrected chi connectivity index (χ2v) is 7.72. The summed E-state index contributed by atoms with van der Waals surface area (Å²) >= 11 is 0. The lowest BCUT2D eigenvalue weighted by molar-refractivity contribution is 0.101. The Balaban J connectivity index is 1.73. The summed E-state index contributed by atoms with van der Waals surface area (Å²) in [4.78, 5) is 32.7. The van der Waals surface area contributed by atoms with Crippen LogP contribution in [0.25, 0.3) is 11.0 Å². The number of hydrogen-bond acceptors (Lipinski definition) is 3. The SMILES string of the molecule is CC(=O)c1c(C)[nH]c(C(=O)Nc2nc3ccccc3n2C2CCCCC2)c1C. The van der Waals surface area contributed by atoms with Gasteiger partial charge in [0, 0.05) is 17.3 Å². The standard InChI is InChI=1S/C22H26N4O2/c1-13-19(15(3)27)14(2)23-20(13)21(28)25-22-24-17-11-7-8-12-18(17)26(22)16-9-5-4-6-10-16/h7-8,11-12,16,23H,4-6,9-10H2,1-3H3,(H,24,25,28). The van der Waals surface area contributed by atoms with Gasteiger partial charge in [-0.25, -0.2) is 4.98 Å². The number of ketones is 1. The fraction of sp³-hybridized carbons (Fsp3) is 0.409. The summed E-state index contributed by atoms with van der Waals surface area (Å²) in [5.74, 6) is 0.273. The number of H-pyrrole nitrogens is 1. The molecular formula is C22H26N4O2. The molecule has 6 nitrogen and oxygen atoms in total. The zero-order valence-corrected chi connectivity index (χ0v) is 16.6. The Morgan fingerprint density at radius 2 is 1.86 bits per heavy atom. The van der Waals surface area contributed by atoms with Crippen molar-refractivity contribution < 1.29 is 9.59 Å². The van der Waals surface area contributed by atoms with Crippen LogP contribution in [0.1, 0.15) is 77.2 Å². The quantitative estimate of drug-likeness (QED) is 0.631. The second-order valence-electron chi connectivity index (χ2n) is 7.72. The first-order valence-corrected chi connectivity index (χ1v) is 9.95. The highest BCUT2D eigenvalue weighted by Crippen LogP contribution is 2.34. The lowest BCUT2D eigenvalue weighted by Crippen LogP contribution is -2.20. The third-order valence-corrected chi connectivity index (χ3v) is 5.78. The molecule has 0 radical (unpaired) electrons. The number of aryl methyl sites for hydroxylation is 1. The number of Topliss-reactive ketones (excluding diaryl/α,β-unsaturated/α-hetero) is 1. The Hall–Kier alpha value is -2.89. The number of para-hydroxylation sites is 2. The summed E-state index contributed by atoms with van der Waals surface area (Å²) in [7, 11) is 0. The summed E-state index contributed by atoms with van der Waals surface area (Å²) < 4.78 is 2.18. The molecule has 1 aliphatic rings. The van der Waals surface area contributed by atoms with E-state index in [1.54, 1.807) is 6.92 Å². The van der Waals surface area contributed by atoms with Gasteiger partial charge in [-0.2, -0.15) is 0 Å². The number of nitrogens with zero attached hydrogens (tertiary/aromatic N) is 2. The predicted octanol–water partition coefficient (Wildman–Crippen LogP) is 4.94. The van der Waals surface area contributed by atoms with Crippen molar-refractivity contribution in [2.45, 2.75) is 58.9 Å². The molecule has 28 heavy (non-hydrogen) atoms. The van der Waals surface area contributed by atoms with E-state index in [1.165, 1.54) is 26.2 Å². The van der Waals surface area contributed by atoms with Gasteiger partial charge in [0.05, 0.1) is 11.0 Å². The molecule has 2 heterocycles. The number of aromatic nitrogens is 3. The van der Waals surface area contributed by atoms with Crippen LogP contribution in [0.2, 0.25) is 0 Å². The van der Waals surface area contributed by atoms with Gasteiger partial charge in [-0.05, 0) is 51.3 Å². The second kappa shape index (κ2) is 7.26. The molecule has 1 aliphatic carbocycles. The van der Waals surface area contributed by atoms with Crippen molar-refractivity contribution in [2.75, 3.05) is 5.32 Å². The Bertz CT molecular complexity index is 1050. The van der Waals surface area contributed by atoms with Crippen LogP contribution in [0, 0.1) is 13.8 Å². The summed E-state index contributed by atoms with van der Waals surface area (Å²) in [5.41, 5.74) is 4.34. The number of nitrogens with one attached hydrogen (secondary N) is 2. The number of hydrogen-bond donors (Lipinski definition) is 2. The van der Waals surface area contributed by atoms with E-state index in [1.807, 2.05) is 25.1 Å². The number of aromatic amines is 1. The zero-order valence-electron chi connectivity index (χ0n) is 16.6. The van der Waals surface area contributed by atoms with E-state index in [4.69, 9.17) is 4.98 Å². The van der Waals surface area contributed by atoms with Gasteiger partial charge in [-0.1, -0.05) is 31.4 Å². The van der Waals surface area contributed by atoms with E-state index in [-0.39, 0.29) is 11.7 Å². The van der Waals surface area contributed by atoms with Gasteiger partial charge in [-0.3, -0.25) is 14.9 Å². The summed E-state index contributed by atoms with van der Waals surface area (Å²) in [5, 5.41) is 3.00. The van der Waals surface area contributed by atoms with Crippen molar-refractivity contribution in [1.29, 1.82) is 0 Å². The van der Waals surface area contributed by atoms with Crippen molar-refractivity contribution in [3.8, 4) is 0 Å². The highest BCUT2D eigenvalue weighted by atomic mass is 16.2. The largest absolute Gasteiger partial charge is 0.354 e. The van der Waals surface area contributed by atoms with Gasteiger partial charge in [0.15, 0.2) is 5.78 Å². The highest BCUT2D eigenvalue weighted by Gasteiger charge is 2.25. The minimum atomic E-state index is -0.263. The number of anilines is 1. The summed E-state index contributed by atoms with van der Waals surface area (Å²) in [6, 6.07) is 8.35. The molecule has 1 amide bonds. The predicted molar refractivity (Wildman–Crippen MR) is 110 cm³/mol. The van der Waals surface area contributed by atoms with E-state index >= 15 is 0 Å². The number of carbonyl (C=O) groups excluding carboxylic acids is 2. The Morgan fingerprint density at radius 1 is 1.14 bits per heavy atom. The molecule has 2 N–H and O–H groups in total. The van der Waals surface area contributed by atoms with E-state index < -0.39 is 0 Å². The van der Waals surface area contributed by atoms with Crippen molar-refractivity contribution in [3.63, 3.8) is 0 Å². The number of benzene rings is 1. The van der Waals surface area contributed by atoms with Gasteiger partial charge in [0.1, 0.15) is 5.69 Å². The average molecular weight is 378 g/mol. The van der Waals surface area contributed by atoms with Crippen LogP contribution < -0.4 is 5.32 Å². The first-order chi connectivity index (χ1) is 13.5. The van der Waals surface area contributed by atoms with Crippen LogP contribution in [0.15, 0.2) is 24.3 Å². The first kappa shape index (κ1) is 18.5. The van der Waals surface area contributed by atoms with Gasteiger partial charge in [0.2, 0.25) is 5.95 Å². The number of amides is 1. The van der Waals surface area contributed by atoms with Gasteiger partial charge in [-0.15, -0.1) is 0 Å². The van der Waals surface area contributed by atoms with Gasteiger partial charge >= 0.3 is 0 Å². The van der Waals surface area contributed by atoms with Gasteiger partial charge < -0.3 is 9.55 Å². The van der Waals surface area contributed by atoms with Crippen molar-refractivity contribution in [3.05, 3.63) is 46.8 Å². The number of imidazole rings is 1. The molecule has 0 aliphatic heterocycles. The molecule has 0 saturated heterocycles. The van der Waals surface area contributed by atoms with Crippen LogP contribution in [0.5, 0.6) is 0 Å². The molecule has 0 spiro atoms. The monoisotopic (exact) mass is 378 g/mol. The molecule has 0 unspecified atom stereocenters. The van der Waals surface area contributed by atoms with E-state index in [0.29, 0.717) is 28.8 Å². The maximum absolute atomic E-state index is 13.0. The third kappa shape index (κ3) is 3.13. The summed E-state index contributed by atoms with van der Waals surface area (Å²) in [6.45, 7) is 5.14. The van der Waals surface area contributed by atoms with Crippen molar-refractivity contribution in [1.82, 2.24) is 14.5 Å². The minimum Gasteiger partial charge on any atom is -0.354 e. The number of fused-ring (bicyclic) bond motifs is 1. The van der Waals surface area contributed by atoms with Crippen molar-refractivity contribution >= 4 is 28.7 Å². The molecule has 1 aromatic carbocycles. The van der Waals surface area contributed by atoms with E-state index in [9.17, 15) is 9.59 Å². The Kier molecular flexibility index (Phi) is 4.79. The molecule has 1 fully saturated rings. The van der Waals surface area contributed by atoms with E-state index in [2.05, 4.69) is 20.9 Å². The van der Waals surface area contributed by atoms with Crippen LogP contribution in [-0.4, -0.2) is 26.2 Å². The Morgan fingerprint density at radius 3 is 2.54 bits per heavy atom. The maximum atomic E-state index is 13.0. The van der Waals surface area contributed by atoms with Crippen molar-refractivity contribution in [2.24, 2.45) is 0 Å². The van der Waals surface area contributed by atoms with Crippen LogP contribution in [0.4, 0.5) is 5.95 Å². The molecule has 0 atom stereocenters. The zero-order chi connectivity index (χ0) is 19.8. The number of rotatable bonds is 4. The first-order valence-electron chi connectivity index (χ1n) is 9.95. The summed E-state index contributed by atoms with van der Waals surface area (Å²) in [6.07, 6.45) is 5.85. The molecule has 4 rings (SSSR count). The smallest absolute Gasteiger partial charge is 0.274 e. The molecule has 2 aromatic heterocycles. The molecule has 6 heteroatoms. The molecule has 3 aromatic rings. The van der Waals surface area contributed by atoms with Crippen LogP contribution in [-0.2, 0) is 0 Å². The molecular weight excluding hydrogens is 352 g/mol. The fourth-order valence-corrected chi connectivity index (χ4v) is 4.51. The topological polar surface area (TPSA) is 79.8 Å². The Labute approximate surface area is 164 Å². The van der Waals surface area contributed by atoms with E-state index in [0.717, 1.165) is 29.6 Å². The molecule has 0 bridgehead atoms. The lowest BCUT2D eigenvalue weighted by atomic mass is 9.95. The van der Waals surface area contributed by atoms with Gasteiger partial charge in [0.25, 0.3) is 5.91 Å². The van der Waals surface area contributed by atoms with Crippen LogP contribution in [0.3, 0.4) is 0 Å². The van der Waals surface area contributed by atoms with Crippen LogP contribution >= 0.6 is 0 Å². The fourth-order valence-electron chi connectivity index (χ4n) is 4.51. The highest BCUT2D eigenvalue weighted by molar-refractivity contribution is 6.07. The average Bonchev–Trinajstić information content (AvgIpc) is 3.18. The molecule has 1 saturated carbocycles.